The van der Waals surface area contributed by atoms with E-state index >= 15 is 0 Å². The third kappa shape index (κ3) is 2.71. The van der Waals surface area contributed by atoms with E-state index in [0.717, 1.165) is 5.56 Å². The van der Waals surface area contributed by atoms with Gasteiger partial charge in [-0.1, -0.05) is 0 Å². The van der Waals surface area contributed by atoms with E-state index in [9.17, 15) is 4.79 Å². The van der Waals surface area contributed by atoms with E-state index in [-0.39, 0.29) is 5.91 Å². The molecule has 0 saturated carbocycles. The van der Waals surface area contributed by atoms with Crippen LogP contribution in [0.5, 0.6) is 17.2 Å². The number of hydrazone groups is 1. The van der Waals surface area contributed by atoms with E-state index in [1.165, 1.54) is 13.1 Å². The molecule has 1 aliphatic heterocycles. The maximum absolute atomic E-state index is 10.7. The molecule has 0 spiro atoms. The molecule has 1 amide bonds. The molecule has 6 nitrogen and oxygen atoms in total. The van der Waals surface area contributed by atoms with Gasteiger partial charge >= 0.3 is 0 Å². The number of ether oxygens (including phenoxy) is 3. The van der Waals surface area contributed by atoms with Gasteiger partial charge in [0, 0.05) is 12.5 Å². The van der Waals surface area contributed by atoms with Crippen LogP contribution in [-0.4, -0.2) is 32.4 Å². The fraction of sp³-hybridized carbons (Fsp3) is 0.333. The number of hydrogen-bond acceptors (Lipinski definition) is 5. The minimum atomic E-state index is -0.226. The lowest BCUT2D eigenvalue weighted by Gasteiger charge is -2.20. The molecule has 0 saturated heterocycles. The van der Waals surface area contributed by atoms with Gasteiger partial charge in [0.2, 0.25) is 11.7 Å². The molecule has 0 fully saturated rings. The third-order valence-corrected chi connectivity index (χ3v) is 2.29. The molecule has 18 heavy (non-hydrogen) atoms. The van der Waals surface area contributed by atoms with E-state index in [2.05, 4.69) is 10.5 Å². The molecule has 0 radical (unpaired) electrons. The highest BCUT2D eigenvalue weighted by Crippen LogP contribution is 2.39. The number of methoxy groups -OCH3 is 1. The largest absolute Gasteiger partial charge is 0.493 e. The van der Waals surface area contributed by atoms with E-state index in [4.69, 9.17) is 14.2 Å². The monoisotopic (exact) mass is 250 g/mol. The quantitative estimate of drug-likeness (QED) is 0.640. The van der Waals surface area contributed by atoms with Crippen molar-refractivity contribution in [3.8, 4) is 17.2 Å². The number of carbonyl (C=O) groups is 1. The first-order chi connectivity index (χ1) is 8.70. The Morgan fingerprint density at radius 3 is 2.94 bits per heavy atom. The molecular weight excluding hydrogens is 236 g/mol. The zero-order chi connectivity index (χ0) is 13.0. The van der Waals surface area contributed by atoms with Crippen LogP contribution >= 0.6 is 0 Å². The average Bonchev–Trinajstić information content (AvgIpc) is 2.37. The first-order valence-electron chi connectivity index (χ1n) is 5.48. The van der Waals surface area contributed by atoms with Crippen LogP contribution in [0, 0.1) is 0 Å². The highest BCUT2D eigenvalue weighted by molar-refractivity contribution is 5.84. The van der Waals surface area contributed by atoms with Crippen LogP contribution in [0.1, 0.15) is 12.5 Å². The van der Waals surface area contributed by atoms with Crippen LogP contribution in [0.4, 0.5) is 0 Å². The minimum Gasteiger partial charge on any atom is -0.493 e. The summed E-state index contributed by atoms with van der Waals surface area (Å²) < 4.78 is 16.2. The predicted octanol–water partition coefficient (Wildman–Crippen LogP) is 0.936. The van der Waals surface area contributed by atoms with Crippen molar-refractivity contribution in [2.75, 3.05) is 20.3 Å². The molecule has 1 N–H and O–H groups in total. The second-order valence-electron chi connectivity index (χ2n) is 3.67. The van der Waals surface area contributed by atoms with Crippen molar-refractivity contribution in [1.82, 2.24) is 5.43 Å². The normalized spacial score (nSPS) is 13.4. The van der Waals surface area contributed by atoms with Gasteiger partial charge < -0.3 is 14.2 Å². The number of nitrogens with zero attached hydrogens (tertiary/aromatic N) is 1. The smallest absolute Gasteiger partial charge is 0.236 e. The second-order valence-corrected chi connectivity index (χ2v) is 3.67. The van der Waals surface area contributed by atoms with Gasteiger partial charge in [-0.3, -0.25) is 4.79 Å². The Balaban J connectivity index is 2.26. The van der Waals surface area contributed by atoms with E-state index < -0.39 is 0 Å². The molecule has 1 aromatic rings. The molecule has 0 bridgehead atoms. The topological polar surface area (TPSA) is 69.2 Å². The Hall–Kier alpha value is -2.24. The average molecular weight is 250 g/mol. The highest BCUT2D eigenvalue weighted by atomic mass is 16.6. The third-order valence-electron chi connectivity index (χ3n) is 2.29. The number of benzene rings is 1. The van der Waals surface area contributed by atoms with Crippen LogP contribution in [0.2, 0.25) is 0 Å². The SMILES string of the molecule is COc1cc(/C=N\NC(C)=O)cc2c1OCCO2. The Morgan fingerprint density at radius 1 is 1.44 bits per heavy atom. The van der Waals surface area contributed by atoms with E-state index in [0.29, 0.717) is 30.5 Å². The van der Waals surface area contributed by atoms with Gasteiger partial charge in [-0.25, -0.2) is 5.43 Å². The van der Waals surface area contributed by atoms with Crippen LogP contribution in [0.15, 0.2) is 17.2 Å². The first kappa shape index (κ1) is 12.2. The van der Waals surface area contributed by atoms with Gasteiger partial charge in [-0.05, 0) is 12.1 Å². The number of fused-ring (bicyclic) bond motifs is 1. The summed E-state index contributed by atoms with van der Waals surface area (Å²) in [5, 5.41) is 3.79. The Labute approximate surface area is 105 Å². The van der Waals surface area contributed by atoms with Crippen molar-refractivity contribution in [2.24, 2.45) is 5.10 Å². The van der Waals surface area contributed by atoms with Gasteiger partial charge in [-0.2, -0.15) is 5.10 Å². The minimum absolute atomic E-state index is 0.226. The maximum atomic E-state index is 10.7. The fourth-order valence-corrected chi connectivity index (χ4v) is 1.57. The fourth-order valence-electron chi connectivity index (χ4n) is 1.57. The molecule has 0 atom stereocenters. The zero-order valence-electron chi connectivity index (χ0n) is 10.2. The predicted molar refractivity (Wildman–Crippen MR) is 65.4 cm³/mol. The molecule has 96 valence electrons. The number of amides is 1. The summed E-state index contributed by atoms with van der Waals surface area (Å²) >= 11 is 0. The van der Waals surface area contributed by atoms with Gasteiger partial charge in [-0.15, -0.1) is 0 Å². The number of carbonyl (C=O) groups excluding carboxylic acids is 1. The number of nitrogens with one attached hydrogen (secondary N) is 1. The summed E-state index contributed by atoms with van der Waals surface area (Å²) in [6.07, 6.45) is 1.52. The van der Waals surface area contributed by atoms with E-state index in [1.807, 2.05) is 0 Å². The Kier molecular flexibility index (Phi) is 3.66. The second kappa shape index (κ2) is 5.39. The van der Waals surface area contributed by atoms with Crippen LogP contribution in [-0.2, 0) is 4.79 Å². The van der Waals surface area contributed by atoms with Gasteiger partial charge in [0.25, 0.3) is 0 Å². The Bertz CT molecular complexity index is 468. The Morgan fingerprint density at radius 2 is 2.22 bits per heavy atom. The van der Waals surface area contributed by atoms with Crippen molar-refractivity contribution < 1.29 is 19.0 Å². The molecular formula is C12H14N2O4. The summed E-state index contributed by atoms with van der Waals surface area (Å²) in [6, 6.07) is 3.54. The summed E-state index contributed by atoms with van der Waals surface area (Å²) in [5.41, 5.74) is 3.08. The molecule has 0 aliphatic carbocycles. The highest BCUT2D eigenvalue weighted by Gasteiger charge is 2.17. The molecule has 0 unspecified atom stereocenters. The molecule has 1 aliphatic rings. The number of hydrogen-bond donors (Lipinski definition) is 1. The summed E-state index contributed by atoms with van der Waals surface area (Å²) in [5.74, 6) is 1.57. The molecule has 6 heteroatoms. The van der Waals surface area contributed by atoms with Gasteiger partial charge in [0.15, 0.2) is 11.5 Å². The lowest BCUT2D eigenvalue weighted by atomic mass is 10.2. The number of rotatable bonds is 3. The van der Waals surface area contributed by atoms with Gasteiger partial charge in [0.05, 0.1) is 13.3 Å². The van der Waals surface area contributed by atoms with Gasteiger partial charge in [0.1, 0.15) is 13.2 Å². The van der Waals surface area contributed by atoms with Crippen molar-refractivity contribution in [2.45, 2.75) is 6.92 Å². The molecule has 0 aromatic heterocycles. The lowest BCUT2D eigenvalue weighted by molar-refractivity contribution is -0.118. The maximum Gasteiger partial charge on any atom is 0.236 e. The summed E-state index contributed by atoms with van der Waals surface area (Å²) in [7, 11) is 1.56. The molecule has 2 rings (SSSR count). The molecule has 1 heterocycles. The van der Waals surface area contributed by atoms with Crippen molar-refractivity contribution >= 4 is 12.1 Å². The van der Waals surface area contributed by atoms with Crippen molar-refractivity contribution in [3.05, 3.63) is 17.7 Å². The summed E-state index contributed by atoms with van der Waals surface area (Å²) in [4.78, 5) is 10.7. The zero-order valence-corrected chi connectivity index (χ0v) is 10.2. The first-order valence-corrected chi connectivity index (χ1v) is 5.48. The summed E-state index contributed by atoms with van der Waals surface area (Å²) in [6.45, 7) is 2.40. The van der Waals surface area contributed by atoms with E-state index in [1.54, 1.807) is 19.2 Å². The van der Waals surface area contributed by atoms with Crippen molar-refractivity contribution in [1.29, 1.82) is 0 Å². The molecule has 1 aromatic carbocycles. The van der Waals surface area contributed by atoms with Crippen LogP contribution in [0.3, 0.4) is 0 Å². The van der Waals surface area contributed by atoms with Crippen LogP contribution in [0.25, 0.3) is 0 Å². The standard InChI is InChI=1S/C12H14N2O4/c1-8(15)14-13-7-9-5-10(16-2)12-11(6-9)17-3-4-18-12/h5-7H,3-4H2,1-2H3,(H,14,15)/b13-7-. The van der Waals surface area contributed by atoms with Crippen LogP contribution < -0.4 is 19.6 Å². The van der Waals surface area contributed by atoms with Crippen molar-refractivity contribution in [3.63, 3.8) is 0 Å². The lowest BCUT2D eigenvalue weighted by Crippen LogP contribution is -2.16.